The zero-order valence-electron chi connectivity index (χ0n) is 17.0. The van der Waals surface area contributed by atoms with Crippen LogP contribution in [0, 0.1) is 11.6 Å². The first-order chi connectivity index (χ1) is 15.0. The number of hydrogen-bond acceptors (Lipinski definition) is 7. The maximum absolute atomic E-state index is 14.9. The maximum atomic E-state index is 14.9. The van der Waals surface area contributed by atoms with Crippen LogP contribution in [0.15, 0.2) is 18.5 Å². The summed E-state index contributed by atoms with van der Waals surface area (Å²) in [6.07, 6.45) is 1.86. The minimum Gasteiger partial charge on any atom is -0.442 e. The third-order valence-corrected chi connectivity index (χ3v) is 5.56. The van der Waals surface area contributed by atoms with Crippen LogP contribution in [0.4, 0.5) is 25.0 Å². The first-order valence-corrected chi connectivity index (χ1v) is 10.2. The molecule has 1 aromatic carbocycles. The number of ether oxygens (including phenoxy) is 1. The number of anilines is 2. The number of nitrogens with one attached hydrogen (secondary N) is 1. The van der Waals surface area contributed by atoms with E-state index in [-0.39, 0.29) is 36.4 Å². The first-order valence-electron chi connectivity index (χ1n) is 10.2. The molecule has 1 N–H and O–H groups in total. The van der Waals surface area contributed by atoms with Gasteiger partial charge in [-0.1, -0.05) is 6.92 Å². The molecule has 2 fully saturated rings. The van der Waals surface area contributed by atoms with Gasteiger partial charge in [0.25, 0.3) is 0 Å². The molecule has 31 heavy (non-hydrogen) atoms. The van der Waals surface area contributed by atoms with Gasteiger partial charge in [-0.2, -0.15) is 0 Å². The number of hydrogen-bond donors (Lipinski definition) is 1. The van der Waals surface area contributed by atoms with Crippen molar-refractivity contribution in [3.63, 3.8) is 0 Å². The summed E-state index contributed by atoms with van der Waals surface area (Å²) in [6, 6.07) is 2.36. The molecule has 2 aliphatic rings. The number of benzene rings is 1. The van der Waals surface area contributed by atoms with Crippen LogP contribution < -0.4 is 15.1 Å². The number of piperidine rings is 1. The van der Waals surface area contributed by atoms with Crippen molar-refractivity contribution in [2.75, 3.05) is 36.0 Å². The molecule has 0 bridgehead atoms. The largest absolute Gasteiger partial charge is 0.442 e. The van der Waals surface area contributed by atoms with Gasteiger partial charge in [0.2, 0.25) is 5.91 Å². The summed E-state index contributed by atoms with van der Waals surface area (Å²) in [6.45, 7) is 2.85. The van der Waals surface area contributed by atoms with Crippen LogP contribution in [-0.2, 0) is 9.53 Å². The van der Waals surface area contributed by atoms with E-state index in [1.165, 1.54) is 11.2 Å². The number of aromatic nitrogens is 4. The van der Waals surface area contributed by atoms with Gasteiger partial charge in [0, 0.05) is 31.6 Å². The van der Waals surface area contributed by atoms with Gasteiger partial charge in [-0.25, -0.2) is 18.3 Å². The maximum Gasteiger partial charge on any atom is 0.414 e. The summed E-state index contributed by atoms with van der Waals surface area (Å²) in [5.41, 5.74) is -0.0325. The fraction of sp³-hybridized carbons (Fsp3) is 0.526. The molecule has 0 saturated carbocycles. The first kappa shape index (κ1) is 20.9. The summed E-state index contributed by atoms with van der Waals surface area (Å²) < 4.78 is 36.6. The normalized spacial score (nSPS) is 19.6. The van der Waals surface area contributed by atoms with Crippen LogP contribution in [0.1, 0.15) is 32.2 Å². The van der Waals surface area contributed by atoms with Crippen molar-refractivity contribution in [3.05, 3.63) is 30.1 Å². The van der Waals surface area contributed by atoms with E-state index in [9.17, 15) is 18.4 Å². The molecule has 166 valence electrons. The van der Waals surface area contributed by atoms with Crippen molar-refractivity contribution in [3.8, 4) is 0 Å². The van der Waals surface area contributed by atoms with Crippen LogP contribution in [0.3, 0.4) is 0 Å². The van der Waals surface area contributed by atoms with E-state index in [0.717, 1.165) is 12.1 Å². The Morgan fingerprint density at radius 2 is 1.97 bits per heavy atom. The van der Waals surface area contributed by atoms with Crippen molar-refractivity contribution < 1.29 is 23.1 Å². The molecule has 1 atom stereocenters. The number of amides is 2. The number of carbonyl (C=O) groups excluding carboxylic acids is 2. The third kappa shape index (κ3) is 4.42. The Labute approximate surface area is 177 Å². The van der Waals surface area contributed by atoms with E-state index in [1.807, 2.05) is 0 Å². The van der Waals surface area contributed by atoms with E-state index in [2.05, 4.69) is 20.8 Å². The van der Waals surface area contributed by atoms with Gasteiger partial charge < -0.3 is 15.0 Å². The highest BCUT2D eigenvalue weighted by atomic mass is 19.1. The highest BCUT2D eigenvalue weighted by Gasteiger charge is 2.34. The van der Waals surface area contributed by atoms with E-state index in [1.54, 1.807) is 16.5 Å². The van der Waals surface area contributed by atoms with E-state index < -0.39 is 23.8 Å². The Balaban J connectivity index is 1.43. The molecule has 2 aliphatic heterocycles. The fourth-order valence-corrected chi connectivity index (χ4v) is 3.89. The number of halogens is 2. The zero-order valence-corrected chi connectivity index (χ0v) is 17.0. The lowest BCUT2D eigenvalue weighted by molar-refractivity contribution is -0.121. The van der Waals surface area contributed by atoms with Gasteiger partial charge in [-0.05, 0) is 23.3 Å². The Hall–Kier alpha value is -3.31. The van der Waals surface area contributed by atoms with Gasteiger partial charge in [0.05, 0.1) is 24.8 Å². The second-order valence-corrected chi connectivity index (χ2v) is 7.54. The Kier molecular flexibility index (Phi) is 5.96. The average molecular weight is 435 g/mol. The van der Waals surface area contributed by atoms with Crippen molar-refractivity contribution in [1.29, 1.82) is 0 Å². The molecule has 3 heterocycles. The van der Waals surface area contributed by atoms with Gasteiger partial charge in [-0.3, -0.25) is 9.69 Å². The minimum absolute atomic E-state index is 0.0802. The zero-order chi connectivity index (χ0) is 22.0. The van der Waals surface area contributed by atoms with Crippen molar-refractivity contribution in [2.45, 2.75) is 38.3 Å². The van der Waals surface area contributed by atoms with Gasteiger partial charge >= 0.3 is 6.09 Å². The molecule has 2 aromatic rings. The number of tetrazole rings is 1. The molecular formula is C19H23F2N7O3. The molecule has 1 aromatic heterocycles. The lowest BCUT2D eigenvalue weighted by Crippen LogP contribution is -2.36. The lowest BCUT2D eigenvalue weighted by Gasteiger charge is -2.33. The molecule has 2 amide bonds. The molecule has 0 radical (unpaired) electrons. The fourth-order valence-electron chi connectivity index (χ4n) is 3.89. The number of cyclic esters (lactones) is 1. The molecular weight excluding hydrogens is 412 g/mol. The van der Waals surface area contributed by atoms with Gasteiger partial charge in [0.1, 0.15) is 18.1 Å². The smallest absolute Gasteiger partial charge is 0.414 e. The SMILES string of the molecule is CCC(=O)NCC1CN(c2cc(F)c(N3CCC(n4cnnn4)CC3)c(F)c2)C(=O)O1. The van der Waals surface area contributed by atoms with Crippen molar-refractivity contribution in [1.82, 2.24) is 25.5 Å². The summed E-state index contributed by atoms with van der Waals surface area (Å²) >= 11 is 0. The van der Waals surface area contributed by atoms with Gasteiger partial charge in [-0.15, -0.1) is 5.10 Å². The number of carbonyl (C=O) groups is 2. The van der Waals surface area contributed by atoms with Crippen molar-refractivity contribution in [2.24, 2.45) is 0 Å². The van der Waals surface area contributed by atoms with Crippen LogP contribution >= 0.6 is 0 Å². The van der Waals surface area contributed by atoms with Crippen molar-refractivity contribution >= 4 is 23.4 Å². The molecule has 10 nitrogen and oxygen atoms in total. The standard InChI is InChI=1S/C19H23F2N7O3/c1-2-17(29)22-9-14-10-27(19(30)31-14)13-7-15(20)18(16(21)8-13)26-5-3-12(4-6-26)28-11-23-24-25-28/h7-8,11-12,14H,2-6,9-10H2,1H3,(H,22,29). The topological polar surface area (TPSA) is 105 Å². The third-order valence-electron chi connectivity index (χ3n) is 5.56. The highest BCUT2D eigenvalue weighted by molar-refractivity contribution is 5.90. The number of rotatable bonds is 6. The lowest BCUT2D eigenvalue weighted by atomic mass is 10.0. The van der Waals surface area contributed by atoms with Crippen LogP contribution in [0.2, 0.25) is 0 Å². The van der Waals surface area contributed by atoms with E-state index in [4.69, 9.17) is 4.74 Å². The van der Waals surface area contributed by atoms with Crippen LogP contribution in [-0.4, -0.2) is 64.5 Å². The quantitative estimate of drug-likeness (QED) is 0.735. The molecule has 0 spiro atoms. The highest BCUT2D eigenvalue weighted by Crippen LogP contribution is 2.33. The second kappa shape index (κ2) is 8.82. The second-order valence-electron chi connectivity index (χ2n) is 7.54. The Morgan fingerprint density at radius 3 is 2.58 bits per heavy atom. The molecule has 12 heteroatoms. The van der Waals surface area contributed by atoms with Crippen LogP contribution in [0.5, 0.6) is 0 Å². The number of nitrogens with zero attached hydrogens (tertiary/aromatic N) is 6. The molecule has 4 rings (SSSR count). The summed E-state index contributed by atoms with van der Waals surface area (Å²) in [4.78, 5) is 26.4. The molecule has 0 aliphatic carbocycles. The monoisotopic (exact) mass is 435 g/mol. The summed E-state index contributed by atoms with van der Waals surface area (Å²) in [7, 11) is 0. The summed E-state index contributed by atoms with van der Waals surface area (Å²) in [5, 5.41) is 13.8. The van der Waals surface area contributed by atoms with E-state index >= 15 is 0 Å². The van der Waals surface area contributed by atoms with Gasteiger partial charge in [0.15, 0.2) is 11.6 Å². The Bertz CT molecular complexity index is 925. The minimum atomic E-state index is -0.744. The molecule has 2 saturated heterocycles. The predicted octanol–water partition coefficient (Wildman–Crippen LogP) is 1.64. The molecule has 1 unspecified atom stereocenters. The van der Waals surface area contributed by atoms with E-state index in [0.29, 0.717) is 32.4 Å². The Morgan fingerprint density at radius 1 is 1.26 bits per heavy atom. The van der Waals surface area contributed by atoms with Crippen LogP contribution in [0.25, 0.3) is 0 Å². The summed E-state index contributed by atoms with van der Waals surface area (Å²) in [5.74, 6) is -1.65. The predicted molar refractivity (Wildman–Crippen MR) is 106 cm³/mol. The average Bonchev–Trinajstić information content (AvgIpc) is 3.42.